The summed E-state index contributed by atoms with van der Waals surface area (Å²) in [5.41, 5.74) is 1.30. The fourth-order valence-electron chi connectivity index (χ4n) is 2.24. The van der Waals surface area contributed by atoms with Gasteiger partial charge in [0.25, 0.3) is 0 Å². The minimum atomic E-state index is 0.607. The minimum Gasteiger partial charge on any atom is -0.310 e. The van der Waals surface area contributed by atoms with Gasteiger partial charge in [-0.15, -0.1) is 11.6 Å². The van der Waals surface area contributed by atoms with Gasteiger partial charge in [0.15, 0.2) is 0 Å². The highest BCUT2D eigenvalue weighted by Crippen LogP contribution is 2.26. The van der Waals surface area contributed by atoms with Crippen LogP contribution in [0.5, 0.6) is 0 Å². The molecule has 15 heavy (non-hydrogen) atoms. The lowest BCUT2D eigenvalue weighted by molar-refractivity contribution is 0.429. The Morgan fingerprint density at radius 3 is 2.87 bits per heavy atom. The number of hydrogen-bond donors (Lipinski definition) is 1. The highest BCUT2D eigenvalue weighted by Gasteiger charge is 2.25. The minimum absolute atomic E-state index is 0.607. The number of aromatic nitrogens is 1. The van der Waals surface area contributed by atoms with E-state index in [4.69, 9.17) is 11.6 Å². The van der Waals surface area contributed by atoms with Crippen molar-refractivity contribution in [3.63, 3.8) is 0 Å². The number of nitrogens with one attached hydrogen (secondary N) is 1. The van der Waals surface area contributed by atoms with Crippen LogP contribution in [0.3, 0.4) is 0 Å². The van der Waals surface area contributed by atoms with Gasteiger partial charge in [-0.3, -0.25) is 4.98 Å². The van der Waals surface area contributed by atoms with E-state index in [1.54, 1.807) is 0 Å². The highest BCUT2D eigenvalue weighted by molar-refractivity contribution is 6.18. The van der Waals surface area contributed by atoms with Crippen LogP contribution in [-0.2, 0) is 6.54 Å². The van der Waals surface area contributed by atoms with Gasteiger partial charge in [0, 0.05) is 30.9 Å². The summed E-state index contributed by atoms with van der Waals surface area (Å²) in [5.74, 6) is 1.45. The third-order valence-corrected chi connectivity index (χ3v) is 3.57. The molecule has 0 amide bonds. The number of halogens is 1. The summed E-state index contributed by atoms with van der Waals surface area (Å²) in [7, 11) is 0. The molecule has 1 aromatic rings. The van der Waals surface area contributed by atoms with Gasteiger partial charge in [-0.2, -0.15) is 0 Å². The van der Waals surface area contributed by atoms with Crippen molar-refractivity contribution in [3.05, 3.63) is 30.1 Å². The Hall–Kier alpha value is -0.600. The first kappa shape index (κ1) is 10.9. The average Bonchev–Trinajstić information content (AvgIpc) is 2.75. The zero-order valence-electron chi connectivity index (χ0n) is 8.82. The van der Waals surface area contributed by atoms with Crippen LogP contribution in [0.1, 0.15) is 24.8 Å². The third-order valence-electron chi connectivity index (χ3n) is 3.18. The molecule has 2 atom stereocenters. The average molecular weight is 225 g/mol. The molecule has 2 rings (SSSR count). The Labute approximate surface area is 96.1 Å². The SMILES string of the molecule is ClCC1CCCC1NCc1ccncc1. The molecular weight excluding hydrogens is 208 g/mol. The van der Waals surface area contributed by atoms with Crippen molar-refractivity contribution in [1.29, 1.82) is 0 Å². The standard InChI is InChI=1S/C12H17ClN2/c13-8-11-2-1-3-12(11)15-9-10-4-6-14-7-5-10/h4-7,11-12,15H,1-3,8-9H2. The van der Waals surface area contributed by atoms with Crippen molar-refractivity contribution in [2.45, 2.75) is 31.8 Å². The van der Waals surface area contributed by atoms with Crippen molar-refractivity contribution in [3.8, 4) is 0 Å². The van der Waals surface area contributed by atoms with E-state index in [0.717, 1.165) is 12.4 Å². The third kappa shape index (κ3) is 2.93. The molecule has 1 fully saturated rings. The first-order valence-corrected chi connectivity index (χ1v) is 6.12. The molecule has 0 aliphatic heterocycles. The fraction of sp³-hybridized carbons (Fsp3) is 0.583. The first-order chi connectivity index (χ1) is 7.40. The van der Waals surface area contributed by atoms with Crippen LogP contribution in [0.25, 0.3) is 0 Å². The zero-order valence-corrected chi connectivity index (χ0v) is 9.58. The number of nitrogens with zero attached hydrogens (tertiary/aromatic N) is 1. The second kappa shape index (κ2) is 5.47. The number of pyridine rings is 1. The van der Waals surface area contributed by atoms with Crippen molar-refractivity contribution < 1.29 is 0 Å². The van der Waals surface area contributed by atoms with Crippen LogP contribution in [0.15, 0.2) is 24.5 Å². The normalized spacial score (nSPS) is 25.7. The summed E-state index contributed by atoms with van der Waals surface area (Å²) in [6.07, 6.45) is 7.53. The van der Waals surface area contributed by atoms with Crippen molar-refractivity contribution >= 4 is 11.6 Å². The molecule has 0 bridgehead atoms. The van der Waals surface area contributed by atoms with Gasteiger partial charge in [0.05, 0.1) is 0 Å². The van der Waals surface area contributed by atoms with E-state index < -0.39 is 0 Å². The van der Waals surface area contributed by atoms with Crippen LogP contribution in [0.2, 0.25) is 0 Å². The molecule has 0 aromatic carbocycles. The Bertz CT molecular complexity index is 289. The van der Waals surface area contributed by atoms with E-state index in [1.165, 1.54) is 24.8 Å². The van der Waals surface area contributed by atoms with Gasteiger partial charge >= 0.3 is 0 Å². The van der Waals surface area contributed by atoms with Gasteiger partial charge in [0.2, 0.25) is 0 Å². The van der Waals surface area contributed by atoms with E-state index in [0.29, 0.717) is 12.0 Å². The lowest BCUT2D eigenvalue weighted by atomic mass is 10.1. The number of alkyl halides is 1. The molecule has 2 unspecified atom stereocenters. The molecule has 0 saturated heterocycles. The number of rotatable bonds is 4. The molecule has 1 aliphatic carbocycles. The van der Waals surface area contributed by atoms with Gasteiger partial charge in [-0.25, -0.2) is 0 Å². The molecule has 82 valence electrons. The topological polar surface area (TPSA) is 24.9 Å². The van der Waals surface area contributed by atoms with Crippen molar-refractivity contribution in [1.82, 2.24) is 10.3 Å². The van der Waals surface area contributed by atoms with E-state index >= 15 is 0 Å². The lowest BCUT2D eigenvalue weighted by Gasteiger charge is -2.18. The predicted octanol–water partition coefficient (Wildman–Crippen LogP) is 2.58. The lowest BCUT2D eigenvalue weighted by Crippen LogP contribution is -2.32. The van der Waals surface area contributed by atoms with Crippen LogP contribution in [0.4, 0.5) is 0 Å². The summed E-state index contributed by atoms with van der Waals surface area (Å²) < 4.78 is 0. The molecule has 1 saturated carbocycles. The molecular formula is C12H17ClN2. The maximum Gasteiger partial charge on any atom is 0.0271 e. The molecule has 0 radical (unpaired) electrons. The van der Waals surface area contributed by atoms with Gasteiger partial charge in [-0.05, 0) is 36.5 Å². The van der Waals surface area contributed by atoms with E-state index in [1.807, 2.05) is 12.4 Å². The van der Waals surface area contributed by atoms with Gasteiger partial charge in [0.1, 0.15) is 0 Å². The van der Waals surface area contributed by atoms with E-state index in [-0.39, 0.29) is 0 Å². The highest BCUT2D eigenvalue weighted by atomic mass is 35.5. The molecule has 2 nitrogen and oxygen atoms in total. The molecule has 1 heterocycles. The maximum atomic E-state index is 5.93. The Morgan fingerprint density at radius 2 is 2.13 bits per heavy atom. The first-order valence-electron chi connectivity index (χ1n) is 5.58. The van der Waals surface area contributed by atoms with E-state index in [9.17, 15) is 0 Å². The Balaban J connectivity index is 1.83. The number of hydrogen-bond acceptors (Lipinski definition) is 2. The van der Waals surface area contributed by atoms with Gasteiger partial charge in [-0.1, -0.05) is 6.42 Å². The Kier molecular flexibility index (Phi) is 3.98. The summed E-state index contributed by atoms with van der Waals surface area (Å²) >= 11 is 5.93. The van der Waals surface area contributed by atoms with Crippen LogP contribution >= 0.6 is 11.6 Å². The van der Waals surface area contributed by atoms with E-state index in [2.05, 4.69) is 22.4 Å². The molecule has 3 heteroatoms. The van der Waals surface area contributed by atoms with Crippen LogP contribution < -0.4 is 5.32 Å². The summed E-state index contributed by atoms with van der Waals surface area (Å²) in [6, 6.07) is 4.71. The maximum absolute atomic E-state index is 5.93. The molecule has 1 N–H and O–H groups in total. The molecule has 1 aliphatic rings. The van der Waals surface area contributed by atoms with Crippen LogP contribution in [0, 0.1) is 5.92 Å². The fourth-order valence-corrected chi connectivity index (χ4v) is 2.61. The monoisotopic (exact) mass is 224 g/mol. The summed E-state index contributed by atoms with van der Waals surface area (Å²) in [4.78, 5) is 4.01. The largest absolute Gasteiger partial charge is 0.310 e. The quantitative estimate of drug-likeness (QED) is 0.796. The summed E-state index contributed by atoms with van der Waals surface area (Å²) in [5, 5.41) is 3.59. The Morgan fingerprint density at radius 1 is 1.33 bits per heavy atom. The second-order valence-corrected chi connectivity index (χ2v) is 4.50. The van der Waals surface area contributed by atoms with Crippen molar-refractivity contribution in [2.24, 2.45) is 5.92 Å². The smallest absolute Gasteiger partial charge is 0.0271 e. The molecule has 1 aromatic heterocycles. The summed E-state index contributed by atoms with van der Waals surface area (Å²) in [6.45, 7) is 0.931. The van der Waals surface area contributed by atoms with Crippen molar-refractivity contribution in [2.75, 3.05) is 5.88 Å². The second-order valence-electron chi connectivity index (χ2n) is 4.19. The van der Waals surface area contributed by atoms with Crippen LogP contribution in [-0.4, -0.2) is 16.9 Å². The van der Waals surface area contributed by atoms with Gasteiger partial charge < -0.3 is 5.32 Å². The molecule has 0 spiro atoms. The zero-order chi connectivity index (χ0) is 10.5. The predicted molar refractivity (Wildman–Crippen MR) is 62.9 cm³/mol.